The van der Waals surface area contributed by atoms with E-state index in [1.807, 2.05) is 13.8 Å². The van der Waals surface area contributed by atoms with Gasteiger partial charge in [-0.1, -0.05) is 26.0 Å². The molecule has 19 heavy (non-hydrogen) atoms. The van der Waals surface area contributed by atoms with E-state index in [2.05, 4.69) is 0 Å². The summed E-state index contributed by atoms with van der Waals surface area (Å²) in [5, 5.41) is 9.92. The zero-order valence-corrected chi connectivity index (χ0v) is 11.5. The van der Waals surface area contributed by atoms with Crippen LogP contribution in [0.3, 0.4) is 0 Å². The van der Waals surface area contributed by atoms with E-state index in [9.17, 15) is 14.7 Å². The predicted octanol–water partition coefficient (Wildman–Crippen LogP) is 1.28. The van der Waals surface area contributed by atoms with Gasteiger partial charge in [-0.2, -0.15) is 0 Å². The molecule has 0 aliphatic heterocycles. The monoisotopic (exact) mass is 264 g/mol. The van der Waals surface area contributed by atoms with Gasteiger partial charge in [0, 0.05) is 6.54 Å². The smallest absolute Gasteiger partial charge is 0.258 e. The Hall–Kier alpha value is -2.04. The second-order valence-electron chi connectivity index (χ2n) is 5.02. The van der Waals surface area contributed by atoms with Crippen molar-refractivity contribution in [1.29, 1.82) is 0 Å². The number of amides is 2. The van der Waals surface area contributed by atoms with Gasteiger partial charge in [0.2, 0.25) is 5.91 Å². The number of benzene rings is 1. The van der Waals surface area contributed by atoms with Crippen LogP contribution in [0.15, 0.2) is 18.2 Å². The third-order valence-electron chi connectivity index (χ3n) is 2.69. The molecular weight excluding hydrogens is 244 g/mol. The van der Waals surface area contributed by atoms with E-state index in [4.69, 9.17) is 5.73 Å². The number of aryl methyl sites for hydroxylation is 1. The van der Waals surface area contributed by atoms with Gasteiger partial charge in [0.05, 0.1) is 12.1 Å². The fourth-order valence-electron chi connectivity index (χ4n) is 1.85. The maximum Gasteiger partial charge on any atom is 0.258 e. The average Bonchev–Trinajstić information content (AvgIpc) is 2.30. The number of nitrogens with zero attached hydrogens (tertiary/aromatic N) is 1. The average molecular weight is 264 g/mol. The Bertz CT molecular complexity index is 484. The minimum atomic E-state index is -0.568. The number of phenolic OH excluding ortho intramolecular Hbond substituents is 1. The molecule has 3 N–H and O–H groups in total. The summed E-state index contributed by atoms with van der Waals surface area (Å²) in [6, 6.07) is 4.95. The summed E-state index contributed by atoms with van der Waals surface area (Å²) in [5.74, 6) is -0.796. The molecule has 0 aromatic heterocycles. The van der Waals surface area contributed by atoms with Crippen molar-refractivity contribution in [3.05, 3.63) is 29.3 Å². The zero-order valence-electron chi connectivity index (χ0n) is 11.5. The highest BCUT2D eigenvalue weighted by Gasteiger charge is 2.21. The highest BCUT2D eigenvalue weighted by molar-refractivity contribution is 5.98. The van der Waals surface area contributed by atoms with E-state index >= 15 is 0 Å². The van der Waals surface area contributed by atoms with Crippen molar-refractivity contribution >= 4 is 11.8 Å². The minimum absolute atomic E-state index is 0.0503. The Labute approximate surface area is 113 Å². The van der Waals surface area contributed by atoms with Gasteiger partial charge >= 0.3 is 0 Å². The first-order chi connectivity index (χ1) is 8.82. The lowest BCUT2D eigenvalue weighted by atomic mass is 10.1. The summed E-state index contributed by atoms with van der Waals surface area (Å²) < 4.78 is 0. The van der Waals surface area contributed by atoms with Crippen LogP contribution < -0.4 is 5.73 Å². The zero-order chi connectivity index (χ0) is 14.6. The number of carbonyl (C=O) groups excluding carboxylic acids is 2. The van der Waals surface area contributed by atoms with Gasteiger partial charge in [-0.15, -0.1) is 0 Å². The molecule has 0 heterocycles. The lowest BCUT2D eigenvalue weighted by Crippen LogP contribution is -2.40. The van der Waals surface area contributed by atoms with Crippen molar-refractivity contribution in [2.45, 2.75) is 20.8 Å². The van der Waals surface area contributed by atoms with E-state index in [0.717, 1.165) is 0 Å². The number of aromatic hydroxyl groups is 1. The Balaban J connectivity index is 3.04. The molecule has 104 valence electrons. The van der Waals surface area contributed by atoms with Crippen LogP contribution in [0.5, 0.6) is 5.75 Å². The Kier molecular flexibility index (Phi) is 4.92. The van der Waals surface area contributed by atoms with Crippen LogP contribution in [-0.4, -0.2) is 34.9 Å². The first-order valence-corrected chi connectivity index (χ1v) is 6.19. The molecule has 0 radical (unpaired) electrons. The lowest BCUT2D eigenvalue weighted by Gasteiger charge is -2.23. The van der Waals surface area contributed by atoms with E-state index < -0.39 is 5.91 Å². The number of hydrogen-bond donors (Lipinski definition) is 2. The molecule has 5 heteroatoms. The Morgan fingerprint density at radius 1 is 1.37 bits per heavy atom. The molecule has 0 spiro atoms. The number of primary amides is 1. The van der Waals surface area contributed by atoms with Crippen LogP contribution in [0.1, 0.15) is 29.8 Å². The fourth-order valence-corrected chi connectivity index (χ4v) is 1.85. The topological polar surface area (TPSA) is 83.6 Å². The summed E-state index contributed by atoms with van der Waals surface area (Å²) in [7, 11) is 0. The SMILES string of the molecule is Cc1cccc(C(=O)N(CC(N)=O)CC(C)C)c1O. The molecule has 0 unspecified atom stereocenters. The second kappa shape index (κ2) is 6.22. The van der Waals surface area contributed by atoms with Crippen LogP contribution in [0.4, 0.5) is 0 Å². The number of carbonyl (C=O) groups is 2. The van der Waals surface area contributed by atoms with Crippen LogP contribution in [0, 0.1) is 12.8 Å². The van der Waals surface area contributed by atoms with Crippen molar-refractivity contribution in [3.63, 3.8) is 0 Å². The third-order valence-corrected chi connectivity index (χ3v) is 2.69. The predicted molar refractivity (Wildman–Crippen MR) is 72.8 cm³/mol. The van der Waals surface area contributed by atoms with Gasteiger partial charge in [0.1, 0.15) is 5.75 Å². The summed E-state index contributed by atoms with van der Waals surface area (Å²) in [4.78, 5) is 24.8. The first kappa shape index (κ1) is 15.0. The fraction of sp³-hybridized carbons (Fsp3) is 0.429. The quantitative estimate of drug-likeness (QED) is 0.840. The highest BCUT2D eigenvalue weighted by Crippen LogP contribution is 2.23. The molecular formula is C14H20N2O3. The molecule has 5 nitrogen and oxygen atoms in total. The van der Waals surface area contributed by atoms with E-state index in [-0.39, 0.29) is 29.7 Å². The largest absolute Gasteiger partial charge is 0.507 e. The maximum atomic E-state index is 12.3. The number of hydrogen-bond acceptors (Lipinski definition) is 3. The summed E-state index contributed by atoms with van der Waals surface area (Å²) in [6.45, 7) is 5.86. The van der Waals surface area contributed by atoms with Crippen molar-refractivity contribution in [2.75, 3.05) is 13.1 Å². The molecule has 0 saturated carbocycles. The van der Waals surface area contributed by atoms with E-state index in [1.54, 1.807) is 25.1 Å². The molecule has 0 atom stereocenters. The molecule has 0 aliphatic rings. The van der Waals surface area contributed by atoms with E-state index in [1.165, 1.54) is 4.90 Å². The highest BCUT2D eigenvalue weighted by atomic mass is 16.3. The molecule has 0 aliphatic carbocycles. The number of para-hydroxylation sites is 1. The molecule has 0 saturated heterocycles. The number of rotatable bonds is 5. The summed E-state index contributed by atoms with van der Waals surface area (Å²) in [6.07, 6.45) is 0. The Morgan fingerprint density at radius 2 is 2.00 bits per heavy atom. The third kappa shape index (κ3) is 3.98. The van der Waals surface area contributed by atoms with Gasteiger partial charge in [0.25, 0.3) is 5.91 Å². The van der Waals surface area contributed by atoms with Crippen molar-refractivity contribution in [3.8, 4) is 5.75 Å². The second-order valence-corrected chi connectivity index (χ2v) is 5.02. The van der Waals surface area contributed by atoms with Crippen LogP contribution in [0.25, 0.3) is 0 Å². The Morgan fingerprint density at radius 3 is 2.53 bits per heavy atom. The van der Waals surface area contributed by atoms with Crippen LogP contribution in [-0.2, 0) is 4.79 Å². The first-order valence-electron chi connectivity index (χ1n) is 6.19. The van der Waals surface area contributed by atoms with Crippen molar-refractivity contribution < 1.29 is 14.7 Å². The van der Waals surface area contributed by atoms with E-state index in [0.29, 0.717) is 12.1 Å². The van der Waals surface area contributed by atoms with Gasteiger partial charge in [0.15, 0.2) is 0 Å². The lowest BCUT2D eigenvalue weighted by molar-refractivity contribution is -0.118. The number of nitrogens with two attached hydrogens (primary N) is 1. The van der Waals surface area contributed by atoms with Crippen LogP contribution in [0.2, 0.25) is 0 Å². The molecule has 0 fully saturated rings. The minimum Gasteiger partial charge on any atom is -0.507 e. The van der Waals surface area contributed by atoms with Crippen molar-refractivity contribution in [2.24, 2.45) is 11.7 Å². The summed E-state index contributed by atoms with van der Waals surface area (Å²) >= 11 is 0. The summed E-state index contributed by atoms with van der Waals surface area (Å²) in [5.41, 5.74) is 5.97. The molecule has 0 bridgehead atoms. The molecule has 2 amide bonds. The van der Waals surface area contributed by atoms with Crippen molar-refractivity contribution in [1.82, 2.24) is 4.90 Å². The van der Waals surface area contributed by atoms with Crippen LogP contribution >= 0.6 is 0 Å². The molecule has 1 aromatic carbocycles. The van der Waals surface area contributed by atoms with Gasteiger partial charge in [-0.3, -0.25) is 9.59 Å². The standard InChI is InChI=1S/C14H20N2O3/c1-9(2)7-16(8-12(15)17)14(19)11-6-4-5-10(3)13(11)18/h4-6,9,18H,7-8H2,1-3H3,(H2,15,17). The van der Waals surface area contributed by atoms with Gasteiger partial charge in [-0.25, -0.2) is 0 Å². The normalized spacial score (nSPS) is 10.5. The molecule has 1 rings (SSSR count). The maximum absolute atomic E-state index is 12.3. The molecule has 1 aromatic rings. The number of phenols is 1. The van der Waals surface area contributed by atoms with Gasteiger partial charge < -0.3 is 15.7 Å². The van der Waals surface area contributed by atoms with Gasteiger partial charge in [-0.05, 0) is 24.5 Å².